The van der Waals surface area contributed by atoms with Gasteiger partial charge in [-0.2, -0.15) is 0 Å². The predicted octanol–water partition coefficient (Wildman–Crippen LogP) is 3.47. The minimum absolute atomic E-state index is 0.124. The quantitative estimate of drug-likeness (QED) is 0.781. The van der Waals surface area contributed by atoms with Crippen LogP contribution in [0.25, 0.3) is 0 Å². The number of methoxy groups -OCH3 is 1. The number of benzene rings is 2. The molecule has 5 heteroatoms. The van der Waals surface area contributed by atoms with E-state index in [0.717, 1.165) is 11.1 Å². The number of likely N-dealkylation sites (tertiary alicyclic amines) is 1. The van der Waals surface area contributed by atoms with Crippen LogP contribution in [0.3, 0.4) is 0 Å². The average Bonchev–Trinajstić information content (AvgIpc) is 2.85. The molecule has 24 heavy (non-hydrogen) atoms. The molecule has 1 saturated heterocycles. The van der Waals surface area contributed by atoms with E-state index in [9.17, 15) is 9.59 Å². The van der Waals surface area contributed by atoms with E-state index in [0.29, 0.717) is 17.2 Å². The summed E-state index contributed by atoms with van der Waals surface area (Å²) >= 11 is 5.88. The third-order valence-electron chi connectivity index (χ3n) is 4.25. The average molecular weight is 344 g/mol. The number of carbonyl (C=O) groups excluding carboxylic acids is 2. The lowest BCUT2D eigenvalue weighted by atomic mass is 9.98. The van der Waals surface area contributed by atoms with Crippen molar-refractivity contribution in [2.45, 2.75) is 19.4 Å². The van der Waals surface area contributed by atoms with Gasteiger partial charge < -0.3 is 4.74 Å². The molecule has 1 aliphatic heterocycles. The van der Waals surface area contributed by atoms with Crippen LogP contribution in [0.15, 0.2) is 48.5 Å². The third-order valence-corrected chi connectivity index (χ3v) is 4.51. The number of hydrogen-bond donors (Lipinski definition) is 0. The maximum atomic E-state index is 12.6. The number of imide groups is 1. The number of halogens is 1. The lowest BCUT2D eigenvalue weighted by Gasteiger charge is -2.17. The monoisotopic (exact) mass is 343 g/mol. The molecular weight excluding hydrogens is 326 g/mol. The fourth-order valence-corrected chi connectivity index (χ4v) is 3.11. The van der Waals surface area contributed by atoms with E-state index in [-0.39, 0.29) is 30.7 Å². The Morgan fingerprint density at radius 2 is 1.83 bits per heavy atom. The van der Waals surface area contributed by atoms with Crippen LogP contribution in [0.4, 0.5) is 0 Å². The fourth-order valence-electron chi connectivity index (χ4n) is 2.99. The highest BCUT2D eigenvalue weighted by atomic mass is 35.5. The molecule has 1 aliphatic rings. The van der Waals surface area contributed by atoms with Crippen LogP contribution in [0, 0.1) is 5.92 Å². The van der Waals surface area contributed by atoms with Crippen molar-refractivity contribution in [1.82, 2.24) is 4.90 Å². The van der Waals surface area contributed by atoms with E-state index in [4.69, 9.17) is 16.3 Å². The Balaban J connectivity index is 1.73. The summed E-state index contributed by atoms with van der Waals surface area (Å²) in [6.45, 7) is 0.249. The van der Waals surface area contributed by atoms with Crippen molar-refractivity contribution in [3.8, 4) is 5.75 Å². The van der Waals surface area contributed by atoms with Crippen molar-refractivity contribution in [3.63, 3.8) is 0 Å². The van der Waals surface area contributed by atoms with Gasteiger partial charge in [0.1, 0.15) is 5.75 Å². The Morgan fingerprint density at radius 3 is 2.54 bits per heavy atom. The summed E-state index contributed by atoms with van der Waals surface area (Å²) in [6.07, 6.45) is 0.792. The minimum Gasteiger partial charge on any atom is -0.496 e. The van der Waals surface area contributed by atoms with Crippen LogP contribution in [0.2, 0.25) is 5.02 Å². The molecule has 0 bridgehead atoms. The smallest absolute Gasteiger partial charge is 0.233 e. The first-order chi connectivity index (χ1) is 11.6. The van der Waals surface area contributed by atoms with Gasteiger partial charge in [-0.25, -0.2) is 0 Å². The molecule has 2 aromatic rings. The molecule has 2 amide bonds. The van der Waals surface area contributed by atoms with Gasteiger partial charge in [0.05, 0.1) is 19.6 Å². The topological polar surface area (TPSA) is 46.6 Å². The first-order valence-corrected chi connectivity index (χ1v) is 8.17. The van der Waals surface area contributed by atoms with Gasteiger partial charge in [-0.05, 0) is 30.2 Å². The first-order valence-electron chi connectivity index (χ1n) is 7.79. The summed E-state index contributed by atoms with van der Waals surface area (Å²) in [4.78, 5) is 26.2. The number of nitrogens with zero attached hydrogens (tertiary/aromatic N) is 1. The molecule has 0 saturated carbocycles. The molecule has 2 aromatic carbocycles. The number of hydrogen-bond acceptors (Lipinski definition) is 3. The van der Waals surface area contributed by atoms with E-state index in [1.807, 2.05) is 36.4 Å². The number of rotatable bonds is 5. The zero-order valence-electron chi connectivity index (χ0n) is 13.4. The van der Waals surface area contributed by atoms with Crippen molar-refractivity contribution in [2.24, 2.45) is 5.92 Å². The van der Waals surface area contributed by atoms with Crippen LogP contribution >= 0.6 is 11.6 Å². The summed E-state index contributed by atoms with van der Waals surface area (Å²) in [5.74, 6) is 0.110. The van der Waals surface area contributed by atoms with E-state index in [1.54, 1.807) is 19.2 Å². The van der Waals surface area contributed by atoms with Gasteiger partial charge >= 0.3 is 0 Å². The lowest BCUT2D eigenvalue weighted by molar-refractivity contribution is -0.140. The van der Waals surface area contributed by atoms with Gasteiger partial charge in [-0.1, -0.05) is 41.9 Å². The molecule has 124 valence electrons. The van der Waals surface area contributed by atoms with Crippen molar-refractivity contribution in [3.05, 3.63) is 64.7 Å². The normalized spacial score (nSPS) is 17.4. The summed E-state index contributed by atoms with van der Waals surface area (Å²) in [5, 5.41) is 0.658. The van der Waals surface area contributed by atoms with Crippen LogP contribution in [-0.2, 0) is 22.6 Å². The molecule has 1 fully saturated rings. The molecule has 1 atom stereocenters. The predicted molar refractivity (Wildman–Crippen MR) is 91.8 cm³/mol. The minimum atomic E-state index is -0.312. The molecule has 0 radical (unpaired) electrons. The highest BCUT2D eigenvalue weighted by Gasteiger charge is 2.38. The van der Waals surface area contributed by atoms with Gasteiger partial charge in [0.15, 0.2) is 0 Å². The maximum absolute atomic E-state index is 12.6. The first kappa shape index (κ1) is 16.5. The number of amides is 2. The SMILES string of the molecule is COc1ccccc1CN1C(=O)C[C@H](Cc2ccc(Cl)cc2)C1=O. The van der Waals surface area contributed by atoms with E-state index in [1.165, 1.54) is 4.90 Å². The highest BCUT2D eigenvalue weighted by Crippen LogP contribution is 2.28. The van der Waals surface area contributed by atoms with Gasteiger partial charge in [-0.3, -0.25) is 14.5 Å². The number of para-hydroxylation sites is 1. The summed E-state index contributed by atoms with van der Waals surface area (Å²) in [6, 6.07) is 14.8. The van der Waals surface area contributed by atoms with Gasteiger partial charge in [0.25, 0.3) is 0 Å². The molecule has 3 rings (SSSR count). The zero-order chi connectivity index (χ0) is 17.1. The van der Waals surface area contributed by atoms with Gasteiger partial charge in [0, 0.05) is 17.0 Å². The second-order valence-electron chi connectivity index (χ2n) is 5.86. The third kappa shape index (κ3) is 3.44. The Kier molecular flexibility index (Phi) is 4.86. The van der Waals surface area contributed by atoms with Crippen LogP contribution in [-0.4, -0.2) is 23.8 Å². The zero-order valence-corrected chi connectivity index (χ0v) is 14.1. The second kappa shape index (κ2) is 7.05. The Morgan fingerprint density at radius 1 is 1.12 bits per heavy atom. The van der Waals surface area contributed by atoms with E-state index >= 15 is 0 Å². The maximum Gasteiger partial charge on any atom is 0.233 e. The van der Waals surface area contributed by atoms with Crippen LogP contribution in [0.5, 0.6) is 5.75 Å². The Hall–Kier alpha value is -2.33. The molecule has 0 aromatic heterocycles. The highest BCUT2D eigenvalue weighted by molar-refractivity contribution is 6.30. The summed E-state index contributed by atoms with van der Waals surface area (Å²) < 4.78 is 5.30. The summed E-state index contributed by atoms with van der Waals surface area (Å²) in [7, 11) is 1.58. The van der Waals surface area contributed by atoms with Crippen molar-refractivity contribution >= 4 is 23.4 Å². The molecule has 0 N–H and O–H groups in total. The molecule has 4 nitrogen and oxygen atoms in total. The number of carbonyl (C=O) groups is 2. The van der Waals surface area contributed by atoms with Gasteiger partial charge in [-0.15, -0.1) is 0 Å². The Bertz CT molecular complexity index is 757. The number of ether oxygens (including phenoxy) is 1. The van der Waals surface area contributed by atoms with Crippen molar-refractivity contribution in [1.29, 1.82) is 0 Å². The largest absolute Gasteiger partial charge is 0.496 e. The van der Waals surface area contributed by atoms with Crippen molar-refractivity contribution < 1.29 is 14.3 Å². The van der Waals surface area contributed by atoms with E-state index in [2.05, 4.69) is 0 Å². The standard InChI is InChI=1S/C19H18ClNO3/c1-24-17-5-3-2-4-14(17)12-21-18(22)11-15(19(21)23)10-13-6-8-16(20)9-7-13/h2-9,15H,10-12H2,1H3/t15-/m0/s1. The van der Waals surface area contributed by atoms with Crippen LogP contribution < -0.4 is 4.74 Å². The fraction of sp³-hybridized carbons (Fsp3) is 0.263. The molecule has 0 aliphatic carbocycles. The molecule has 1 heterocycles. The Labute approximate surface area is 146 Å². The molecular formula is C19H18ClNO3. The second-order valence-corrected chi connectivity index (χ2v) is 6.30. The molecule has 0 unspecified atom stereocenters. The summed E-state index contributed by atoms with van der Waals surface area (Å²) in [5.41, 5.74) is 1.83. The molecule has 0 spiro atoms. The van der Waals surface area contributed by atoms with Crippen molar-refractivity contribution in [2.75, 3.05) is 7.11 Å². The van der Waals surface area contributed by atoms with E-state index < -0.39 is 0 Å². The van der Waals surface area contributed by atoms with Gasteiger partial charge in [0.2, 0.25) is 11.8 Å². The lowest BCUT2D eigenvalue weighted by Crippen LogP contribution is -2.30. The van der Waals surface area contributed by atoms with Crippen LogP contribution in [0.1, 0.15) is 17.5 Å².